The lowest BCUT2D eigenvalue weighted by molar-refractivity contribution is 0.102. The van der Waals surface area contributed by atoms with E-state index in [1.54, 1.807) is 30.6 Å². The van der Waals surface area contributed by atoms with Crippen molar-refractivity contribution in [2.75, 3.05) is 36.6 Å². The fraction of sp³-hybridized carbons (Fsp3) is 0.368. The monoisotopic (exact) mass is 422 g/mol. The summed E-state index contributed by atoms with van der Waals surface area (Å²) in [6.45, 7) is 2.85. The van der Waals surface area contributed by atoms with Gasteiger partial charge in [0, 0.05) is 30.7 Å². The zero-order chi connectivity index (χ0) is 20.5. The molecule has 1 fully saturated rings. The lowest BCUT2D eigenvalue weighted by atomic mass is 10.0. The number of likely N-dealkylation sites (N-methyl/N-ethyl adjacent to an activating group) is 1. The van der Waals surface area contributed by atoms with E-state index < -0.39 is 10.0 Å². The van der Waals surface area contributed by atoms with Gasteiger partial charge < -0.3 is 10.2 Å². The van der Waals surface area contributed by atoms with Gasteiger partial charge in [-0.2, -0.15) is 4.31 Å². The quantitative estimate of drug-likeness (QED) is 0.773. The van der Waals surface area contributed by atoms with E-state index >= 15 is 0 Å². The molecule has 1 aliphatic heterocycles. The van der Waals surface area contributed by atoms with Gasteiger partial charge in [-0.15, -0.1) is 0 Å². The number of benzene rings is 1. The van der Waals surface area contributed by atoms with E-state index in [9.17, 15) is 13.2 Å². The number of aryl methyl sites for hydroxylation is 1. The van der Waals surface area contributed by atoms with Crippen molar-refractivity contribution in [1.29, 1.82) is 0 Å². The predicted octanol–water partition coefficient (Wildman–Crippen LogP) is 2.63. The minimum Gasteiger partial charge on any atom is -0.368 e. The van der Waals surface area contributed by atoms with Crippen LogP contribution in [0.3, 0.4) is 0 Å². The summed E-state index contributed by atoms with van der Waals surface area (Å²) in [6.07, 6.45) is 5.18. The van der Waals surface area contributed by atoms with Crippen LogP contribution in [0, 0.1) is 0 Å². The first-order valence-electron chi connectivity index (χ1n) is 8.92. The number of sulfonamides is 1. The summed E-state index contributed by atoms with van der Waals surface area (Å²) in [5, 5.41) is 3.48. The smallest absolute Gasteiger partial charge is 0.255 e. The van der Waals surface area contributed by atoms with Gasteiger partial charge >= 0.3 is 0 Å². The molecule has 0 radical (unpaired) electrons. The third kappa shape index (κ3) is 4.45. The van der Waals surface area contributed by atoms with Crippen molar-refractivity contribution in [1.82, 2.24) is 9.29 Å². The van der Waals surface area contributed by atoms with Crippen molar-refractivity contribution in [3.8, 4) is 0 Å². The minimum atomic E-state index is -3.15. The van der Waals surface area contributed by atoms with Gasteiger partial charge in [0.15, 0.2) is 0 Å². The van der Waals surface area contributed by atoms with Crippen LogP contribution in [0.15, 0.2) is 36.7 Å². The highest BCUT2D eigenvalue weighted by Gasteiger charge is 2.35. The number of pyridine rings is 1. The van der Waals surface area contributed by atoms with Crippen LogP contribution in [0.25, 0.3) is 0 Å². The van der Waals surface area contributed by atoms with Gasteiger partial charge in [-0.05, 0) is 36.2 Å². The SMILES string of the molecule is CCc1cc(Cl)ccc1C(=O)Nc1cncc(N(C)C2CN(S(C)(=O)=O)C2)c1. The molecule has 1 amide bonds. The number of hydrogen-bond donors (Lipinski definition) is 1. The van der Waals surface area contributed by atoms with Gasteiger partial charge in [-0.1, -0.05) is 18.5 Å². The Morgan fingerprint density at radius 3 is 2.68 bits per heavy atom. The average molecular weight is 423 g/mol. The molecular weight excluding hydrogens is 400 g/mol. The zero-order valence-electron chi connectivity index (χ0n) is 16.0. The molecule has 0 saturated carbocycles. The summed E-state index contributed by atoms with van der Waals surface area (Å²) in [4.78, 5) is 18.9. The van der Waals surface area contributed by atoms with Crippen LogP contribution in [-0.4, -0.2) is 56.0 Å². The molecule has 1 aromatic heterocycles. The largest absolute Gasteiger partial charge is 0.368 e. The lowest BCUT2D eigenvalue weighted by Crippen LogP contribution is -2.60. The number of hydrogen-bond acceptors (Lipinski definition) is 5. The van der Waals surface area contributed by atoms with Crippen molar-refractivity contribution in [2.45, 2.75) is 19.4 Å². The van der Waals surface area contributed by atoms with Crippen molar-refractivity contribution in [3.63, 3.8) is 0 Å². The molecular formula is C19H23ClN4O3S. The predicted molar refractivity (Wildman–Crippen MR) is 112 cm³/mol. The summed E-state index contributed by atoms with van der Waals surface area (Å²) in [5.41, 5.74) is 2.84. The molecule has 1 N–H and O–H groups in total. The van der Waals surface area contributed by atoms with Crippen LogP contribution in [-0.2, 0) is 16.4 Å². The number of rotatable bonds is 6. The summed E-state index contributed by atoms with van der Waals surface area (Å²) in [6, 6.07) is 7.11. The summed E-state index contributed by atoms with van der Waals surface area (Å²) in [5.74, 6) is -0.220. The van der Waals surface area contributed by atoms with Crippen molar-refractivity contribution >= 4 is 38.9 Å². The second-order valence-electron chi connectivity index (χ2n) is 6.89. The Bertz CT molecular complexity index is 990. The molecule has 0 bridgehead atoms. The lowest BCUT2D eigenvalue weighted by Gasteiger charge is -2.43. The molecule has 0 unspecified atom stereocenters. The molecule has 28 heavy (non-hydrogen) atoms. The highest BCUT2D eigenvalue weighted by atomic mass is 35.5. The van der Waals surface area contributed by atoms with E-state index in [0.717, 1.165) is 11.3 Å². The fourth-order valence-electron chi connectivity index (χ4n) is 3.11. The maximum absolute atomic E-state index is 12.7. The van der Waals surface area contributed by atoms with Gasteiger partial charge in [0.2, 0.25) is 10.0 Å². The Morgan fingerprint density at radius 2 is 2.04 bits per heavy atom. The van der Waals surface area contributed by atoms with E-state index in [-0.39, 0.29) is 11.9 Å². The van der Waals surface area contributed by atoms with Crippen molar-refractivity contribution < 1.29 is 13.2 Å². The van der Waals surface area contributed by atoms with Gasteiger partial charge in [-0.25, -0.2) is 8.42 Å². The normalized spacial score (nSPS) is 15.1. The Morgan fingerprint density at radius 1 is 1.32 bits per heavy atom. The minimum absolute atomic E-state index is 0.0745. The van der Waals surface area contributed by atoms with Gasteiger partial charge in [-0.3, -0.25) is 9.78 Å². The molecule has 7 nitrogen and oxygen atoms in total. The van der Waals surface area contributed by atoms with Crippen LogP contribution in [0.5, 0.6) is 0 Å². The summed E-state index contributed by atoms with van der Waals surface area (Å²) < 4.78 is 24.5. The molecule has 0 aliphatic carbocycles. The van der Waals surface area contributed by atoms with Crippen LogP contribution in [0.1, 0.15) is 22.8 Å². The molecule has 9 heteroatoms. The summed E-state index contributed by atoms with van der Waals surface area (Å²) >= 11 is 6.02. The maximum Gasteiger partial charge on any atom is 0.255 e. The van der Waals surface area contributed by atoms with Gasteiger partial charge in [0.25, 0.3) is 5.91 Å². The Hall–Kier alpha value is -2.16. The third-order valence-electron chi connectivity index (χ3n) is 4.93. The van der Waals surface area contributed by atoms with Crippen LogP contribution in [0.4, 0.5) is 11.4 Å². The molecule has 1 aromatic carbocycles. The van der Waals surface area contributed by atoms with Gasteiger partial charge in [0.1, 0.15) is 0 Å². The van der Waals surface area contributed by atoms with E-state index in [2.05, 4.69) is 10.3 Å². The zero-order valence-corrected chi connectivity index (χ0v) is 17.6. The molecule has 2 aromatic rings. The van der Waals surface area contributed by atoms with Crippen LogP contribution < -0.4 is 10.2 Å². The maximum atomic E-state index is 12.7. The first-order valence-corrected chi connectivity index (χ1v) is 11.1. The number of carbonyl (C=O) groups is 1. The Balaban J connectivity index is 1.71. The molecule has 1 saturated heterocycles. The van der Waals surface area contributed by atoms with E-state index in [0.29, 0.717) is 35.8 Å². The van der Waals surface area contributed by atoms with E-state index in [4.69, 9.17) is 11.6 Å². The number of carbonyl (C=O) groups excluding carboxylic acids is 1. The van der Waals surface area contributed by atoms with Gasteiger partial charge in [0.05, 0.1) is 36.1 Å². The van der Waals surface area contributed by atoms with Crippen LogP contribution >= 0.6 is 11.6 Å². The number of anilines is 2. The Labute approximate surface area is 170 Å². The van der Waals surface area contributed by atoms with E-state index in [1.807, 2.05) is 24.9 Å². The fourth-order valence-corrected chi connectivity index (χ4v) is 4.19. The van der Waals surface area contributed by atoms with E-state index in [1.165, 1.54) is 10.6 Å². The summed E-state index contributed by atoms with van der Waals surface area (Å²) in [7, 11) is -1.26. The second kappa shape index (κ2) is 8.06. The number of nitrogens with zero attached hydrogens (tertiary/aromatic N) is 3. The highest BCUT2D eigenvalue weighted by molar-refractivity contribution is 7.88. The molecule has 0 atom stereocenters. The first-order chi connectivity index (χ1) is 13.2. The molecule has 3 rings (SSSR count). The number of halogens is 1. The second-order valence-corrected chi connectivity index (χ2v) is 9.30. The molecule has 150 valence electrons. The average Bonchev–Trinajstić information content (AvgIpc) is 2.59. The molecule has 2 heterocycles. The molecule has 0 spiro atoms. The standard InChI is InChI=1S/C19H23ClN4O3S/c1-4-13-7-14(20)5-6-18(13)19(25)22-15-8-16(10-21-9-15)23(2)17-11-24(12-17)28(3,26)27/h5-10,17H,4,11-12H2,1-3H3,(H,22,25). The number of nitrogens with one attached hydrogen (secondary N) is 1. The number of aromatic nitrogens is 1. The Kier molecular flexibility index (Phi) is 5.92. The van der Waals surface area contributed by atoms with Crippen molar-refractivity contribution in [2.24, 2.45) is 0 Å². The topological polar surface area (TPSA) is 82.6 Å². The number of amides is 1. The highest BCUT2D eigenvalue weighted by Crippen LogP contribution is 2.25. The third-order valence-corrected chi connectivity index (χ3v) is 6.40. The van der Waals surface area contributed by atoms with Crippen molar-refractivity contribution in [3.05, 3.63) is 52.8 Å². The molecule has 1 aliphatic rings. The van der Waals surface area contributed by atoms with Crippen LogP contribution in [0.2, 0.25) is 5.02 Å². The first kappa shape index (κ1) is 20.6.